The number of rotatable bonds is 8. The van der Waals surface area contributed by atoms with E-state index in [-0.39, 0.29) is 42.7 Å². The molecule has 0 aliphatic carbocycles. The molecule has 0 spiro atoms. The maximum atomic E-state index is 12.7. The number of carbonyl (C=O) groups is 2. The van der Waals surface area contributed by atoms with Crippen LogP contribution in [0.5, 0.6) is 11.5 Å². The molecule has 0 atom stereocenters. The van der Waals surface area contributed by atoms with Gasteiger partial charge in [0.1, 0.15) is 21.2 Å². The van der Waals surface area contributed by atoms with Crippen LogP contribution in [0.2, 0.25) is 20.1 Å². The summed E-state index contributed by atoms with van der Waals surface area (Å²) in [5.41, 5.74) is 1.23. The zero-order chi connectivity index (χ0) is 29.4. The lowest BCUT2D eigenvalue weighted by atomic mass is 10.1. The summed E-state index contributed by atoms with van der Waals surface area (Å²) >= 11 is 27.0. The van der Waals surface area contributed by atoms with Gasteiger partial charge < -0.3 is 19.1 Å². The molecule has 0 aliphatic rings. The van der Waals surface area contributed by atoms with Gasteiger partial charge >= 0.3 is 11.9 Å². The quantitative estimate of drug-likeness (QED) is 0.103. The van der Waals surface area contributed by atoms with Crippen molar-refractivity contribution in [1.29, 1.82) is 0 Å². The number of nitrogens with zero attached hydrogens (tertiary/aromatic N) is 2. The predicted molar refractivity (Wildman–Crippen MR) is 163 cm³/mol. The second kappa shape index (κ2) is 14.9. The van der Waals surface area contributed by atoms with Crippen molar-refractivity contribution in [3.05, 3.63) is 90.9 Å². The molecule has 0 aliphatic heterocycles. The molecule has 0 radical (unpaired) electrons. The Morgan fingerprint density at radius 2 is 0.925 bits per heavy atom. The number of hydrogen-bond acceptors (Lipinski definition) is 10. The van der Waals surface area contributed by atoms with Gasteiger partial charge in [0.2, 0.25) is 0 Å². The SMILES string of the molecule is COc1c(Cl)ccc(Cl)c1C(=O)O/N=C(\SC)c1ccc(/C(=N/OC(=O)c2c(Cl)ccc(Cl)c2OC)SC)cc1. The minimum Gasteiger partial charge on any atom is -0.494 e. The predicted octanol–water partition coefficient (Wildman–Crippen LogP) is 8.08. The second-order valence-electron chi connectivity index (χ2n) is 7.41. The smallest absolute Gasteiger partial charge is 0.371 e. The molecular formula is C26H20Cl4N2O6S2. The third-order valence-electron chi connectivity index (χ3n) is 5.12. The number of carbonyl (C=O) groups excluding carboxylic acids is 2. The van der Waals surface area contributed by atoms with Crippen molar-refractivity contribution < 1.29 is 28.7 Å². The molecule has 0 heterocycles. The molecule has 40 heavy (non-hydrogen) atoms. The monoisotopic (exact) mass is 660 g/mol. The van der Waals surface area contributed by atoms with Gasteiger partial charge in [0.25, 0.3) is 0 Å². The van der Waals surface area contributed by atoms with Crippen molar-refractivity contribution >= 4 is 92.0 Å². The van der Waals surface area contributed by atoms with Crippen LogP contribution in [-0.2, 0) is 9.68 Å². The molecule has 3 aromatic rings. The molecule has 8 nitrogen and oxygen atoms in total. The number of hydrogen-bond donors (Lipinski definition) is 0. The van der Waals surface area contributed by atoms with Gasteiger partial charge in [-0.05, 0) is 36.8 Å². The van der Waals surface area contributed by atoms with Gasteiger partial charge in [-0.15, -0.1) is 23.5 Å². The first-order chi connectivity index (χ1) is 19.2. The van der Waals surface area contributed by atoms with E-state index in [9.17, 15) is 9.59 Å². The molecule has 0 unspecified atom stereocenters. The van der Waals surface area contributed by atoms with Gasteiger partial charge in [0, 0.05) is 11.1 Å². The Labute approximate surface area is 258 Å². The van der Waals surface area contributed by atoms with Gasteiger partial charge in [-0.2, -0.15) is 0 Å². The minimum absolute atomic E-state index is 0.0386. The molecule has 0 saturated heterocycles. The number of ether oxygens (including phenoxy) is 2. The fourth-order valence-corrected chi connectivity index (χ4v) is 5.16. The average molecular weight is 662 g/mol. The Bertz CT molecular complexity index is 1370. The van der Waals surface area contributed by atoms with Crippen LogP contribution in [0.25, 0.3) is 0 Å². The Hall–Kier alpha value is -2.60. The van der Waals surface area contributed by atoms with Crippen LogP contribution in [0.3, 0.4) is 0 Å². The van der Waals surface area contributed by atoms with Crippen LogP contribution in [0.1, 0.15) is 31.8 Å². The molecule has 0 amide bonds. The summed E-state index contributed by atoms with van der Waals surface area (Å²) in [4.78, 5) is 35.7. The van der Waals surface area contributed by atoms with Crippen molar-refractivity contribution in [2.75, 3.05) is 26.7 Å². The molecule has 0 aromatic heterocycles. The van der Waals surface area contributed by atoms with Gasteiger partial charge in [-0.25, -0.2) is 9.59 Å². The number of thioether (sulfide) groups is 2. The van der Waals surface area contributed by atoms with Crippen molar-refractivity contribution in [3.8, 4) is 11.5 Å². The molecular weight excluding hydrogens is 642 g/mol. The third-order valence-corrected chi connectivity index (χ3v) is 7.74. The van der Waals surface area contributed by atoms with Crippen molar-refractivity contribution in [2.24, 2.45) is 10.3 Å². The number of benzene rings is 3. The van der Waals surface area contributed by atoms with Crippen molar-refractivity contribution in [1.82, 2.24) is 0 Å². The first-order valence-electron chi connectivity index (χ1n) is 11.0. The van der Waals surface area contributed by atoms with Crippen LogP contribution in [0.15, 0.2) is 58.8 Å². The van der Waals surface area contributed by atoms with E-state index in [4.69, 9.17) is 65.6 Å². The summed E-state index contributed by atoms with van der Waals surface area (Å²) in [5, 5.41) is 9.42. The van der Waals surface area contributed by atoms with E-state index in [0.29, 0.717) is 21.2 Å². The summed E-state index contributed by atoms with van der Waals surface area (Å²) in [6.45, 7) is 0. The largest absolute Gasteiger partial charge is 0.494 e. The fourth-order valence-electron chi connectivity index (χ4n) is 3.27. The highest BCUT2D eigenvalue weighted by atomic mass is 35.5. The van der Waals surface area contributed by atoms with Gasteiger partial charge in [-0.1, -0.05) is 81.0 Å². The first-order valence-corrected chi connectivity index (χ1v) is 14.9. The van der Waals surface area contributed by atoms with Gasteiger partial charge in [0.15, 0.2) is 11.5 Å². The summed E-state index contributed by atoms with van der Waals surface area (Å²) in [6.07, 6.45) is 3.55. The van der Waals surface area contributed by atoms with E-state index >= 15 is 0 Å². The van der Waals surface area contributed by atoms with E-state index in [1.165, 1.54) is 62.0 Å². The highest BCUT2D eigenvalue weighted by Gasteiger charge is 2.23. The lowest BCUT2D eigenvalue weighted by molar-refractivity contribution is 0.0505. The molecule has 3 aromatic carbocycles. The second-order valence-corrected chi connectivity index (χ2v) is 10.6. The topological polar surface area (TPSA) is 95.8 Å². The highest BCUT2D eigenvalue weighted by Crippen LogP contribution is 2.35. The van der Waals surface area contributed by atoms with Crippen LogP contribution in [0.4, 0.5) is 0 Å². The summed E-state index contributed by atoms with van der Waals surface area (Å²) in [7, 11) is 2.73. The molecule has 0 fully saturated rings. The lowest BCUT2D eigenvalue weighted by Gasteiger charge is -2.11. The Kier molecular flexibility index (Phi) is 11.9. The van der Waals surface area contributed by atoms with Crippen LogP contribution >= 0.6 is 69.9 Å². The molecule has 0 saturated carbocycles. The fraction of sp³-hybridized carbons (Fsp3) is 0.154. The van der Waals surface area contributed by atoms with E-state index in [1.54, 1.807) is 36.8 Å². The summed E-state index contributed by atoms with van der Waals surface area (Å²) in [5.74, 6) is -1.49. The molecule has 14 heteroatoms. The highest BCUT2D eigenvalue weighted by molar-refractivity contribution is 8.14. The van der Waals surface area contributed by atoms with E-state index in [0.717, 1.165) is 0 Å². The van der Waals surface area contributed by atoms with E-state index in [2.05, 4.69) is 10.3 Å². The van der Waals surface area contributed by atoms with Crippen LogP contribution in [-0.4, -0.2) is 48.8 Å². The zero-order valence-corrected chi connectivity index (χ0v) is 25.9. The van der Waals surface area contributed by atoms with Crippen molar-refractivity contribution in [3.63, 3.8) is 0 Å². The lowest BCUT2D eigenvalue weighted by Crippen LogP contribution is -2.08. The molecule has 210 valence electrons. The Morgan fingerprint density at radius 3 is 1.23 bits per heavy atom. The summed E-state index contributed by atoms with van der Waals surface area (Å²) < 4.78 is 10.4. The van der Waals surface area contributed by atoms with E-state index in [1.807, 2.05) is 0 Å². The molecule has 0 N–H and O–H groups in total. The molecule has 0 bridgehead atoms. The van der Waals surface area contributed by atoms with Crippen molar-refractivity contribution in [2.45, 2.75) is 0 Å². The van der Waals surface area contributed by atoms with E-state index < -0.39 is 11.9 Å². The normalized spacial score (nSPS) is 11.7. The van der Waals surface area contributed by atoms with Crippen LogP contribution < -0.4 is 9.47 Å². The zero-order valence-electron chi connectivity index (χ0n) is 21.3. The van der Waals surface area contributed by atoms with Crippen LogP contribution in [0, 0.1) is 0 Å². The maximum Gasteiger partial charge on any atom is 0.371 e. The minimum atomic E-state index is -0.831. The molecule has 3 rings (SSSR count). The third kappa shape index (κ3) is 7.37. The number of halogens is 4. The standard InChI is InChI=1S/C26H20Cl4N2O6S2/c1-35-21-17(29)11-9-15(27)19(21)25(33)37-31-23(39-3)13-5-7-14(8-6-13)24(40-4)32-38-26(34)20-16(28)10-12-18(30)22(20)36-2/h5-12H,1-4H3/b31-23-,32-24-. The Balaban J connectivity index is 1.79. The van der Waals surface area contributed by atoms with Gasteiger partial charge in [0.05, 0.1) is 34.3 Å². The average Bonchev–Trinajstić information content (AvgIpc) is 2.96. The van der Waals surface area contributed by atoms with Gasteiger partial charge in [-0.3, -0.25) is 0 Å². The Morgan fingerprint density at radius 1 is 0.600 bits per heavy atom. The number of oxime groups is 2. The maximum absolute atomic E-state index is 12.7. The summed E-state index contributed by atoms with van der Waals surface area (Å²) in [6, 6.07) is 12.9. The number of methoxy groups -OCH3 is 2. The first kappa shape index (κ1) is 31.9.